The van der Waals surface area contributed by atoms with E-state index in [0.29, 0.717) is 23.4 Å². The van der Waals surface area contributed by atoms with Crippen LogP contribution in [0.2, 0.25) is 0 Å². The molecule has 1 aliphatic heterocycles. The zero-order valence-corrected chi connectivity index (χ0v) is 16.9. The number of esters is 1. The van der Waals surface area contributed by atoms with Gasteiger partial charge in [0, 0.05) is 5.69 Å². The lowest BCUT2D eigenvalue weighted by molar-refractivity contribution is -0.168. The van der Waals surface area contributed by atoms with Crippen molar-refractivity contribution >= 4 is 17.6 Å². The summed E-state index contributed by atoms with van der Waals surface area (Å²) in [6.07, 6.45) is 0. The van der Waals surface area contributed by atoms with Crippen molar-refractivity contribution in [3.63, 3.8) is 0 Å². The highest BCUT2D eigenvalue weighted by Gasteiger charge is 2.56. The first-order valence-electron chi connectivity index (χ1n) is 9.79. The molecule has 2 atom stereocenters. The monoisotopic (exact) mass is 401 g/mol. The van der Waals surface area contributed by atoms with Crippen LogP contribution < -0.4 is 4.90 Å². The predicted molar refractivity (Wildman–Crippen MR) is 114 cm³/mol. The second kappa shape index (κ2) is 7.76. The van der Waals surface area contributed by atoms with Gasteiger partial charge in [0.2, 0.25) is 11.5 Å². The van der Waals surface area contributed by atoms with Crippen LogP contribution in [0.5, 0.6) is 0 Å². The molecule has 0 unspecified atom stereocenters. The van der Waals surface area contributed by atoms with E-state index >= 15 is 0 Å². The molecule has 0 saturated heterocycles. The van der Waals surface area contributed by atoms with Crippen molar-refractivity contribution in [3.05, 3.63) is 101 Å². The number of benzene rings is 3. The average Bonchev–Trinajstić information content (AvgIpc) is 3.05. The second-order valence-electron chi connectivity index (χ2n) is 7.53. The molecule has 0 fully saturated rings. The van der Waals surface area contributed by atoms with E-state index in [9.17, 15) is 14.7 Å². The fourth-order valence-electron chi connectivity index (χ4n) is 4.12. The highest BCUT2D eigenvalue weighted by molar-refractivity contribution is 6.09. The fraction of sp³-hybridized carbons (Fsp3) is 0.200. The van der Waals surface area contributed by atoms with Crippen LogP contribution in [-0.2, 0) is 26.5 Å². The summed E-state index contributed by atoms with van der Waals surface area (Å²) >= 11 is 0. The number of methoxy groups -OCH3 is 1. The predicted octanol–water partition coefficient (Wildman–Crippen LogP) is 3.69. The number of hydrogen-bond donors (Lipinski definition) is 1. The van der Waals surface area contributed by atoms with Crippen molar-refractivity contribution < 1.29 is 19.4 Å². The van der Waals surface area contributed by atoms with Crippen molar-refractivity contribution in [1.29, 1.82) is 0 Å². The summed E-state index contributed by atoms with van der Waals surface area (Å²) in [7, 11) is 1.22. The summed E-state index contributed by atoms with van der Waals surface area (Å²) in [5.74, 6) is -2.30. The summed E-state index contributed by atoms with van der Waals surface area (Å²) in [4.78, 5) is 28.2. The van der Waals surface area contributed by atoms with Gasteiger partial charge in [0.05, 0.1) is 13.7 Å². The molecule has 30 heavy (non-hydrogen) atoms. The molecule has 0 saturated carbocycles. The Bertz CT molecular complexity index is 1080. The molecule has 0 aliphatic carbocycles. The first-order valence-corrected chi connectivity index (χ1v) is 9.79. The zero-order valence-electron chi connectivity index (χ0n) is 16.9. The van der Waals surface area contributed by atoms with Gasteiger partial charge >= 0.3 is 5.97 Å². The second-order valence-corrected chi connectivity index (χ2v) is 7.53. The molecule has 0 bridgehead atoms. The Morgan fingerprint density at radius 1 is 1.03 bits per heavy atom. The van der Waals surface area contributed by atoms with Crippen molar-refractivity contribution in [2.24, 2.45) is 0 Å². The number of anilines is 1. The molecule has 3 aromatic rings. The van der Waals surface area contributed by atoms with E-state index in [4.69, 9.17) is 4.74 Å². The lowest BCUT2D eigenvalue weighted by Crippen LogP contribution is -2.46. The Balaban J connectivity index is 1.87. The smallest absolute Gasteiger partial charge is 0.343 e. The quantitative estimate of drug-likeness (QED) is 0.662. The third-order valence-electron chi connectivity index (χ3n) is 5.61. The van der Waals surface area contributed by atoms with Gasteiger partial charge in [0.1, 0.15) is 5.92 Å². The SMILES string of the molecule is COC(=O)[C@](O)(c1ccccc1)[C@@H]1C(=O)N(Cc2ccccc2)c2cc(C)ccc21. The van der Waals surface area contributed by atoms with E-state index in [0.717, 1.165) is 11.1 Å². The van der Waals surface area contributed by atoms with E-state index in [2.05, 4.69) is 0 Å². The van der Waals surface area contributed by atoms with Gasteiger partial charge in [-0.25, -0.2) is 4.79 Å². The van der Waals surface area contributed by atoms with Gasteiger partial charge in [-0.3, -0.25) is 4.79 Å². The number of nitrogens with zero attached hydrogens (tertiary/aromatic N) is 1. The Morgan fingerprint density at radius 3 is 2.30 bits per heavy atom. The summed E-state index contributed by atoms with van der Waals surface area (Å²) in [5.41, 5.74) is 1.44. The van der Waals surface area contributed by atoms with Crippen LogP contribution >= 0.6 is 0 Å². The van der Waals surface area contributed by atoms with Crippen LogP contribution in [0.1, 0.15) is 28.2 Å². The number of ether oxygens (including phenoxy) is 1. The highest BCUT2D eigenvalue weighted by atomic mass is 16.5. The maximum atomic E-state index is 13.7. The minimum absolute atomic E-state index is 0.322. The van der Waals surface area contributed by atoms with Crippen LogP contribution in [-0.4, -0.2) is 24.1 Å². The van der Waals surface area contributed by atoms with Gasteiger partial charge in [0.15, 0.2) is 0 Å². The van der Waals surface area contributed by atoms with E-state index in [-0.39, 0.29) is 5.91 Å². The minimum Gasteiger partial charge on any atom is -0.467 e. The summed E-state index contributed by atoms with van der Waals surface area (Å²) in [6.45, 7) is 2.29. The van der Waals surface area contributed by atoms with Crippen molar-refractivity contribution in [1.82, 2.24) is 0 Å². The largest absolute Gasteiger partial charge is 0.467 e. The van der Waals surface area contributed by atoms with Gasteiger partial charge in [-0.05, 0) is 35.2 Å². The molecule has 4 rings (SSSR count). The van der Waals surface area contributed by atoms with Gasteiger partial charge in [-0.2, -0.15) is 0 Å². The average molecular weight is 401 g/mol. The maximum Gasteiger partial charge on any atom is 0.343 e. The highest BCUT2D eigenvalue weighted by Crippen LogP contribution is 2.48. The van der Waals surface area contributed by atoms with Crippen molar-refractivity contribution in [2.45, 2.75) is 25.0 Å². The van der Waals surface area contributed by atoms with Gasteiger partial charge < -0.3 is 14.7 Å². The molecule has 0 aromatic heterocycles. The molecule has 1 aliphatic rings. The molecule has 1 N–H and O–H groups in total. The third-order valence-corrected chi connectivity index (χ3v) is 5.61. The molecular weight excluding hydrogens is 378 g/mol. The van der Waals surface area contributed by atoms with Crippen LogP contribution in [0.25, 0.3) is 0 Å². The first kappa shape index (κ1) is 19.9. The number of aliphatic hydroxyl groups is 1. The van der Waals surface area contributed by atoms with Crippen LogP contribution in [0.4, 0.5) is 5.69 Å². The standard InChI is InChI=1S/C25H23NO4/c1-17-13-14-20-21(15-17)26(16-18-9-5-3-6-10-18)23(27)22(20)25(29,24(28)30-2)19-11-7-4-8-12-19/h3-15,22,29H,16H2,1-2H3/t22-,25-/m0/s1. The van der Waals surface area contributed by atoms with Crippen LogP contribution in [0.3, 0.4) is 0 Å². The van der Waals surface area contributed by atoms with E-state index < -0.39 is 17.5 Å². The normalized spacial score (nSPS) is 17.4. The van der Waals surface area contributed by atoms with E-state index in [1.807, 2.05) is 55.5 Å². The number of amides is 1. The number of carbonyl (C=O) groups excluding carboxylic acids is 2. The molecule has 5 heteroatoms. The number of hydrogen-bond acceptors (Lipinski definition) is 4. The molecule has 3 aromatic carbocycles. The molecular formula is C25H23NO4. The van der Waals surface area contributed by atoms with Crippen LogP contribution in [0, 0.1) is 6.92 Å². The first-order chi connectivity index (χ1) is 14.5. The Hall–Kier alpha value is -3.44. The lowest BCUT2D eigenvalue weighted by atomic mass is 9.77. The fourth-order valence-corrected chi connectivity index (χ4v) is 4.12. The van der Waals surface area contributed by atoms with E-state index in [1.165, 1.54) is 7.11 Å². The van der Waals surface area contributed by atoms with E-state index in [1.54, 1.807) is 35.2 Å². The molecule has 1 heterocycles. The third kappa shape index (κ3) is 3.17. The number of aryl methyl sites for hydroxylation is 1. The van der Waals surface area contributed by atoms with Crippen molar-refractivity contribution in [3.8, 4) is 0 Å². The Morgan fingerprint density at radius 2 is 1.67 bits per heavy atom. The maximum absolute atomic E-state index is 13.7. The molecule has 5 nitrogen and oxygen atoms in total. The van der Waals surface area contributed by atoms with Gasteiger partial charge in [0.25, 0.3) is 0 Å². The Labute approximate surface area is 175 Å². The number of rotatable bonds is 5. The van der Waals surface area contributed by atoms with Gasteiger partial charge in [-0.15, -0.1) is 0 Å². The molecule has 152 valence electrons. The topological polar surface area (TPSA) is 66.8 Å². The zero-order chi connectivity index (χ0) is 21.3. The molecule has 0 radical (unpaired) electrons. The number of fused-ring (bicyclic) bond motifs is 1. The lowest BCUT2D eigenvalue weighted by Gasteiger charge is -2.31. The summed E-state index contributed by atoms with van der Waals surface area (Å²) in [5, 5.41) is 11.7. The van der Waals surface area contributed by atoms with Gasteiger partial charge in [-0.1, -0.05) is 72.8 Å². The Kier molecular flexibility index (Phi) is 5.14. The van der Waals surface area contributed by atoms with Crippen molar-refractivity contribution in [2.75, 3.05) is 12.0 Å². The van der Waals surface area contributed by atoms with Crippen LogP contribution in [0.15, 0.2) is 78.9 Å². The summed E-state index contributed by atoms with van der Waals surface area (Å²) in [6, 6.07) is 23.8. The minimum atomic E-state index is -2.14. The molecule has 1 amide bonds. The number of carbonyl (C=O) groups is 2. The summed E-state index contributed by atoms with van der Waals surface area (Å²) < 4.78 is 4.96. The molecule has 0 spiro atoms.